The first kappa shape index (κ1) is 12.9. The minimum absolute atomic E-state index is 0.202. The van der Waals surface area contributed by atoms with Crippen molar-refractivity contribution in [1.29, 1.82) is 0 Å². The molecule has 0 unspecified atom stereocenters. The van der Waals surface area contributed by atoms with Crippen molar-refractivity contribution in [2.75, 3.05) is 5.73 Å². The van der Waals surface area contributed by atoms with E-state index in [2.05, 4.69) is 4.98 Å². The molecule has 0 aliphatic rings. The Bertz CT molecular complexity index is 564. The van der Waals surface area contributed by atoms with E-state index in [4.69, 9.17) is 16.0 Å². The van der Waals surface area contributed by atoms with Gasteiger partial charge in [0.25, 0.3) is 0 Å². The lowest BCUT2D eigenvalue weighted by molar-refractivity contribution is 0.0924. The van der Waals surface area contributed by atoms with Gasteiger partial charge in [-0.3, -0.25) is 10.2 Å². The highest BCUT2D eigenvalue weighted by molar-refractivity contribution is 8.00. The standard InChI is InChI=1S/C10H12N4O2S2/c1-5-9(18-10(11)13-5)17-4-6-2-3-7(16-6)8(15)14-12/h2-3H,4,12H2,1H3,(H2,11,13)(H,14,15). The van der Waals surface area contributed by atoms with Crippen LogP contribution in [-0.4, -0.2) is 10.9 Å². The minimum atomic E-state index is -0.440. The summed E-state index contributed by atoms with van der Waals surface area (Å²) in [6.07, 6.45) is 0. The largest absolute Gasteiger partial charge is 0.455 e. The third-order valence-corrected chi connectivity index (χ3v) is 4.50. The number of carbonyl (C=O) groups excluding carboxylic acids is 1. The number of thiazole rings is 1. The number of nitrogens with zero attached hydrogens (tertiary/aromatic N) is 1. The van der Waals surface area contributed by atoms with Crippen LogP contribution in [0.15, 0.2) is 20.8 Å². The van der Waals surface area contributed by atoms with Gasteiger partial charge < -0.3 is 10.2 Å². The van der Waals surface area contributed by atoms with E-state index >= 15 is 0 Å². The highest BCUT2D eigenvalue weighted by atomic mass is 32.2. The summed E-state index contributed by atoms with van der Waals surface area (Å²) in [5.41, 5.74) is 8.54. The average Bonchev–Trinajstić information content (AvgIpc) is 2.92. The molecule has 8 heteroatoms. The molecule has 5 N–H and O–H groups in total. The summed E-state index contributed by atoms with van der Waals surface area (Å²) in [6, 6.07) is 3.34. The van der Waals surface area contributed by atoms with E-state index in [0.29, 0.717) is 16.6 Å². The lowest BCUT2D eigenvalue weighted by Gasteiger charge is -1.97. The van der Waals surface area contributed by atoms with Gasteiger partial charge in [-0.2, -0.15) is 0 Å². The number of hydrazine groups is 1. The number of anilines is 1. The van der Waals surface area contributed by atoms with Crippen molar-refractivity contribution in [3.8, 4) is 0 Å². The number of aryl methyl sites for hydroxylation is 1. The number of furan rings is 1. The topological polar surface area (TPSA) is 107 Å². The van der Waals surface area contributed by atoms with Gasteiger partial charge in [-0.25, -0.2) is 10.8 Å². The SMILES string of the molecule is Cc1nc(N)sc1SCc1ccc(C(=O)NN)o1. The predicted octanol–water partition coefficient (Wildman–Crippen LogP) is 1.52. The van der Waals surface area contributed by atoms with Crippen LogP contribution in [0.25, 0.3) is 0 Å². The number of nitrogens with two attached hydrogens (primary N) is 2. The van der Waals surface area contributed by atoms with Gasteiger partial charge in [0.05, 0.1) is 15.7 Å². The van der Waals surface area contributed by atoms with Crippen molar-refractivity contribution in [3.63, 3.8) is 0 Å². The van der Waals surface area contributed by atoms with Gasteiger partial charge in [-0.15, -0.1) is 11.8 Å². The van der Waals surface area contributed by atoms with E-state index < -0.39 is 5.91 Å². The van der Waals surface area contributed by atoms with Crippen molar-refractivity contribution in [2.45, 2.75) is 16.9 Å². The van der Waals surface area contributed by atoms with Gasteiger partial charge in [0.1, 0.15) is 5.76 Å². The number of aromatic nitrogens is 1. The van der Waals surface area contributed by atoms with Crippen LogP contribution in [0, 0.1) is 6.92 Å². The first-order valence-corrected chi connectivity index (χ1v) is 6.85. The maximum atomic E-state index is 11.2. The van der Waals surface area contributed by atoms with Crippen LogP contribution in [0.1, 0.15) is 22.0 Å². The second-order valence-corrected chi connectivity index (χ2v) is 5.73. The van der Waals surface area contributed by atoms with Gasteiger partial charge in [0.15, 0.2) is 10.9 Å². The molecular formula is C10H12N4O2S2. The van der Waals surface area contributed by atoms with Crippen molar-refractivity contribution in [1.82, 2.24) is 10.4 Å². The van der Waals surface area contributed by atoms with Crippen LogP contribution in [-0.2, 0) is 5.75 Å². The first-order valence-electron chi connectivity index (χ1n) is 5.05. The third-order valence-electron chi connectivity index (χ3n) is 2.13. The number of amides is 1. The van der Waals surface area contributed by atoms with E-state index in [1.807, 2.05) is 12.3 Å². The molecule has 2 heterocycles. The van der Waals surface area contributed by atoms with Gasteiger partial charge in [-0.1, -0.05) is 11.3 Å². The molecule has 0 aliphatic carbocycles. The first-order chi connectivity index (χ1) is 8.60. The molecule has 0 bridgehead atoms. The predicted molar refractivity (Wildman–Crippen MR) is 71.2 cm³/mol. The molecule has 96 valence electrons. The molecule has 0 saturated heterocycles. The maximum Gasteiger partial charge on any atom is 0.300 e. The van der Waals surface area contributed by atoms with Gasteiger partial charge >= 0.3 is 5.91 Å². The Labute approximate surface area is 112 Å². The van der Waals surface area contributed by atoms with Gasteiger partial charge in [-0.05, 0) is 19.1 Å². The number of thioether (sulfide) groups is 1. The highest BCUT2D eigenvalue weighted by Gasteiger charge is 2.11. The van der Waals surface area contributed by atoms with Crippen LogP contribution in [0.5, 0.6) is 0 Å². The molecule has 0 saturated carbocycles. The maximum absolute atomic E-state index is 11.2. The monoisotopic (exact) mass is 284 g/mol. The van der Waals surface area contributed by atoms with E-state index in [-0.39, 0.29) is 5.76 Å². The summed E-state index contributed by atoms with van der Waals surface area (Å²) in [5, 5.41) is 0.553. The normalized spacial score (nSPS) is 10.6. The number of carbonyl (C=O) groups is 1. The summed E-state index contributed by atoms with van der Waals surface area (Å²) in [7, 11) is 0. The fourth-order valence-electron chi connectivity index (χ4n) is 1.32. The van der Waals surface area contributed by atoms with Crippen LogP contribution in [0.2, 0.25) is 0 Å². The van der Waals surface area contributed by atoms with E-state index in [0.717, 1.165) is 9.90 Å². The summed E-state index contributed by atoms with van der Waals surface area (Å²) in [4.78, 5) is 15.3. The summed E-state index contributed by atoms with van der Waals surface area (Å²) in [5.74, 6) is 6.09. The minimum Gasteiger partial charge on any atom is -0.455 e. The Morgan fingerprint density at radius 1 is 1.61 bits per heavy atom. The van der Waals surface area contributed by atoms with Crippen LogP contribution < -0.4 is 17.0 Å². The molecule has 0 spiro atoms. The molecule has 0 aromatic carbocycles. The average molecular weight is 284 g/mol. The highest BCUT2D eigenvalue weighted by Crippen LogP contribution is 2.32. The van der Waals surface area contributed by atoms with Crippen molar-refractivity contribution in [2.24, 2.45) is 5.84 Å². The third kappa shape index (κ3) is 2.84. The number of hydrogen-bond donors (Lipinski definition) is 3. The zero-order valence-corrected chi connectivity index (χ0v) is 11.2. The molecule has 18 heavy (non-hydrogen) atoms. The molecule has 0 aliphatic heterocycles. The van der Waals surface area contributed by atoms with E-state index in [9.17, 15) is 4.79 Å². The van der Waals surface area contributed by atoms with Gasteiger partial charge in [0, 0.05) is 0 Å². The Balaban J connectivity index is 2.00. The molecule has 0 atom stereocenters. The van der Waals surface area contributed by atoms with E-state index in [1.54, 1.807) is 23.9 Å². The molecule has 2 rings (SSSR count). The van der Waals surface area contributed by atoms with Crippen LogP contribution >= 0.6 is 23.1 Å². The van der Waals surface area contributed by atoms with Crippen molar-refractivity contribution in [3.05, 3.63) is 29.3 Å². The summed E-state index contributed by atoms with van der Waals surface area (Å²) >= 11 is 3.01. The van der Waals surface area contributed by atoms with Gasteiger partial charge in [0.2, 0.25) is 0 Å². The fraction of sp³-hybridized carbons (Fsp3) is 0.200. The van der Waals surface area contributed by atoms with Crippen molar-refractivity contribution >= 4 is 34.1 Å². The molecule has 0 fully saturated rings. The molecular weight excluding hydrogens is 272 g/mol. The molecule has 6 nitrogen and oxygen atoms in total. The quantitative estimate of drug-likeness (QED) is 0.340. The second kappa shape index (κ2) is 5.42. The van der Waals surface area contributed by atoms with E-state index in [1.165, 1.54) is 11.3 Å². The molecule has 2 aromatic rings. The summed E-state index contributed by atoms with van der Waals surface area (Å²) in [6.45, 7) is 1.91. The zero-order valence-electron chi connectivity index (χ0n) is 9.60. The Morgan fingerprint density at radius 2 is 2.39 bits per heavy atom. The second-order valence-electron chi connectivity index (χ2n) is 3.45. The Hall–Kier alpha value is -1.51. The number of nitrogen functional groups attached to an aromatic ring is 2. The Morgan fingerprint density at radius 3 is 3.00 bits per heavy atom. The molecule has 2 aromatic heterocycles. The molecule has 1 amide bonds. The fourth-order valence-corrected chi connectivity index (χ4v) is 3.24. The molecule has 0 radical (unpaired) electrons. The Kier molecular flexibility index (Phi) is 3.90. The number of hydrogen-bond acceptors (Lipinski definition) is 7. The number of rotatable bonds is 4. The lowest BCUT2D eigenvalue weighted by atomic mass is 10.4. The summed E-state index contributed by atoms with van der Waals surface area (Å²) < 4.78 is 6.39. The smallest absolute Gasteiger partial charge is 0.300 e. The lowest BCUT2D eigenvalue weighted by Crippen LogP contribution is -2.29. The van der Waals surface area contributed by atoms with Crippen LogP contribution in [0.3, 0.4) is 0 Å². The number of nitrogens with one attached hydrogen (secondary N) is 1. The zero-order chi connectivity index (χ0) is 13.1. The van der Waals surface area contributed by atoms with Crippen LogP contribution in [0.4, 0.5) is 5.13 Å². The van der Waals surface area contributed by atoms with Crippen molar-refractivity contribution < 1.29 is 9.21 Å².